The lowest BCUT2D eigenvalue weighted by Gasteiger charge is -2.26. The first-order valence-corrected chi connectivity index (χ1v) is 9.10. The van der Waals surface area contributed by atoms with Crippen molar-refractivity contribution in [2.24, 2.45) is 0 Å². The first-order valence-electron chi connectivity index (χ1n) is 9.10. The number of benzene rings is 1. The number of methoxy groups -OCH3 is 1. The molecule has 0 radical (unpaired) electrons. The Morgan fingerprint density at radius 1 is 1.31 bits per heavy atom. The fourth-order valence-electron chi connectivity index (χ4n) is 3.19. The molecule has 3 rings (SSSR count). The molecule has 1 aromatic carbocycles. The zero-order valence-electron chi connectivity index (χ0n) is 16.6. The van der Waals surface area contributed by atoms with E-state index in [1.165, 1.54) is 25.4 Å². The van der Waals surface area contributed by atoms with Crippen LogP contribution >= 0.6 is 0 Å². The summed E-state index contributed by atoms with van der Waals surface area (Å²) in [6, 6.07) is 3.39. The Bertz CT molecular complexity index is 942. The quantitative estimate of drug-likeness (QED) is 0.832. The van der Waals surface area contributed by atoms with Crippen LogP contribution in [0.1, 0.15) is 27.2 Å². The minimum absolute atomic E-state index is 0.0165. The molecule has 0 unspecified atom stereocenters. The molecule has 1 aliphatic heterocycles. The van der Waals surface area contributed by atoms with E-state index in [1.807, 2.05) is 0 Å². The van der Waals surface area contributed by atoms with E-state index >= 15 is 0 Å². The first-order chi connectivity index (χ1) is 13.6. The molecule has 0 aliphatic carbocycles. The average Bonchev–Trinajstić information content (AvgIpc) is 3.05. The average molecular weight is 406 g/mol. The van der Waals surface area contributed by atoms with Crippen LogP contribution in [0.15, 0.2) is 24.4 Å². The van der Waals surface area contributed by atoms with Crippen LogP contribution in [0.4, 0.5) is 9.18 Å². The van der Waals surface area contributed by atoms with E-state index in [4.69, 9.17) is 14.2 Å². The molecule has 2 aromatic rings. The van der Waals surface area contributed by atoms with Crippen molar-refractivity contribution >= 4 is 22.8 Å². The Hall–Kier alpha value is -3.10. The second-order valence-electron chi connectivity index (χ2n) is 7.79. The molecule has 1 saturated heterocycles. The molecule has 29 heavy (non-hydrogen) atoms. The van der Waals surface area contributed by atoms with E-state index in [1.54, 1.807) is 26.8 Å². The fraction of sp³-hybridized carbons (Fsp3) is 0.450. The van der Waals surface area contributed by atoms with Crippen molar-refractivity contribution in [1.82, 2.24) is 9.88 Å². The van der Waals surface area contributed by atoms with Gasteiger partial charge >= 0.3 is 12.1 Å². The lowest BCUT2D eigenvalue weighted by Crippen LogP contribution is -2.43. The summed E-state index contributed by atoms with van der Waals surface area (Å²) in [4.78, 5) is 29.3. The summed E-state index contributed by atoms with van der Waals surface area (Å²) < 4.78 is 30.3. The standard InChI is InChI=1S/C20H23FN2O6/c1-20(2,3)29-19(26)23-10-12(8-15(23)18(24)25)28-17-13-9-14(21)16(27-4)7-11(13)5-6-22-17/h5-7,9,12,15H,8,10H2,1-4H3,(H,24,25)/t12-,15+/m1/s1. The molecule has 2 atom stereocenters. The van der Waals surface area contributed by atoms with Gasteiger partial charge in [0.05, 0.1) is 13.7 Å². The molecule has 156 valence electrons. The number of halogens is 1. The second kappa shape index (κ2) is 7.73. The summed E-state index contributed by atoms with van der Waals surface area (Å²) in [6.45, 7) is 5.12. The number of rotatable bonds is 4. The van der Waals surface area contributed by atoms with Gasteiger partial charge in [0.25, 0.3) is 0 Å². The molecule has 0 spiro atoms. The van der Waals surface area contributed by atoms with E-state index in [2.05, 4.69) is 4.98 Å². The molecular weight excluding hydrogens is 383 g/mol. The number of hydrogen-bond acceptors (Lipinski definition) is 6. The van der Waals surface area contributed by atoms with E-state index in [0.29, 0.717) is 10.8 Å². The Morgan fingerprint density at radius 2 is 2.03 bits per heavy atom. The number of aromatic nitrogens is 1. The molecule has 0 saturated carbocycles. The molecule has 9 heteroatoms. The molecule has 1 amide bonds. The number of hydrogen-bond donors (Lipinski definition) is 1. The lowest BCUT2D eigenvalue weighted by atomic mass is 10.1. The molecule has 0 bridgehead atoms. The van der Waals surface area contributed by atoms with Crippen LogP contribution in [0.3, 0.4) is 0 Å². The third kappa shape index (κ3) is 4.49. The van der Waals surface area contributed by atoms with Gasteiger partial charge in [0.2, 0.25) is 5.88 Å². The number of carbonyl (C=O) groups excluding carboxylic acids is 1. The van der Waals surface area contributed by atoms with Crippen molar-refractivity contribution in [3.63, 3.8) is 0 Å². The molecule has 1 aromatic heterocycles. The van der Waals surface area contributed by atoms with Gasteiger partial charge in [-0.2, -0.15) is 0 Å². The third-order valence-electron chi connectivity index (χ3n) is 4.45. The molecule has 1 aliphatic rings. The van der Waals surface area contributed by atoms with E-state index in [9.17, 15) is 19.1 Å². The van der Waals surface area contributed by atoms with Gasteiger partial charge in [0, 0.05) is 18.0 Å². The zero-order chi connectivity index (χ0) is 21.3. The fourth-order valence-corrected chi connectivity index (χ4v) is 3.19. The van der Waals surface area contributed by atoms with Gasteiger partial charge in [-0.15, -0.1) is 0 Å². The summed E-state index contributed by atoms with van der Waals surface area (Å²) >= 11 is 0. The maximum atomic E-state index is 14.2. The Balaban J connectivity index is 1.84. The predicted molar refractivity (Wildman–Crippen MR) is 102 cm³/mol. The summed E-state index contributed by atoms with van der Waals surface area (Å²) in [6.07, 6.45) is 0.208. The maximum Gasteiger partial charge on any atom is 0.411 e. The Morgan fingerprint density at radius 3 is 2.66 bits per heavy atom. The number of carboxylic acid groups (broad SMARTS) is 1. The van der Waals surface area contributed by atoms with Crippen LogP contribution in [0.2, 0.25) is 0 Å². The smallest absolute Gasteiger partial charge is 0.411 e. The van der Waals surface area contributed by atoms with Crippen molar-refractivity contribution in [2.75, 3.05) is 13.7 Å². The summed E-state index contributed by atoms with van der Waals surface area (Å²) in [5, 5.41) is 10.6. The van der Waals surface area contributed by atoms with Crippen molar-refractivity contribution < 1.29 is 33.3 Å². The van der Waals surface area contributed by atoms with Gasteiger partial charge < -0.3 is 19.3 Å². The van der Waals surface area contributed by atoms with Crippen LogP contribution in [0.5, 0.6) is 11.6 Å². The van der Waals surface area contributed by atoms with Crippen molar-refractivity contribution in [1.29, 1.82) is 0 Å². The van der Waals surface area contributed by atoms with Gasteiger partial charge in [-0.25, -0.2) is 19.0 Å². The van der Waals surface area contributed by atoms with Crippen LogP contribution in [0, 0.1) is 5.82 Å². The lowest BCUT2D eigenvalue weighted by molar-refractivity contribution is -0.142. The third-order valence-corrected chi connectivity index (χ3v) is 4.45. The highest BCUT2D eigenvalue weighted by Crippen LogP contribution is 2.32. The molecule has 2 heterocycles. The number of ether oxygens (including phenoxy) is 3. The topological polar surface area (TPSA) is 98.2 Å². The number of carboxylic acids is 1. The number of pyridine rings is 1. The zero-order valence-corrected chi connectivity index (χ0v) is 16.6. The SMILES string of the molecule is COc1cc2ccnc(O[C@@H]3C[C@@H](C(=O)O)N(C(=O)OC(C)(C)C)C3)c2cc1F. The summed E-state index contributed by atoms with van der Waals surface area (Å²) in [5.74, 6) is -1.46. The molecule has 1 N–H and O–H groups in total. The highest BCUT2D eigenvalue weighted by atomic mass is 19.1. The number of likely N-dealkylation sites (tertiary alicyclic amines) is 1. The number of amides is 1. The predicted octanol–water partition coefficient (Wildman–Crippen LogP) is 3.22. The normalized spacial score (nSPS) is 19.3. The maximum absolute atomic E-state index is 14.2. The highest BCUT2D eigenvalue weighted by Gasteiger charge is 2.43. The van der Waals surface area contributed by atoms with Gasteiger partial charge in [-0.3, -0.25) is 4.90 Å². The van der Waals surface area contributed by atoms with Crippen molar-refractivity contribution in [3.8, 4) is 11.6 Å². The number of nitrogens with zero attached hydrogens (tertiary/aromatic N) is 2. The highest BCUT2D eigenvalue weighted by molar-refractivity contribution is 5.88. The van der Waals surface area contributed by atoms with Crippen molar-refractivity contribution in [3.05, 3.63) is 30.2 Å². The first kappa shape index (κ1) is 20.6. The van der Waals surface area contributed by atoms with Gasteiger partial charge in [0.15, 0.2) is 11.6 Å². The molecule has 8 nitrogen and oxygen atoms in total. The largest absolute Gasteiger partial charge is 0.494 e. The van der Waals surface area contributed by atoms with Crippen molar-refractivity contribution in [2.45, 2.75) is 44.9 Å². The number of aliphatic carboxylic acids is 1. The van der Waals surface area contributed by atoms with Crippen LogP contribution in [0.25, 0.3) is 10.8 Å². The number of carbonyl (C=O) groups is 2. The number of fused-ring (bicyclic) bond motifs is 1. The van der Waals surface area contributed by atoms with Crippen LogP contribution in [-0.4, -0.2) is 58.5 Å². The minimum Gasteiger partial charge on any atom is -0.494 e. The molecular formula is C20H23FN2O6. The van der Waals surface area contributed by atoms with Gasteiger partial charge in [-0.05, 0) is 44.4 Å². The summed E-state index contributed by atoms with van der Waals surface area (Å²) in [7, 11) is 1.37. The Kier molecular flexibility index (Phi) is 5.50. The van der Waals surface area contributed by atoms with Gasteiger partial charge in [-0.1, -0.05) is 0 Å². The summed E-state index contributed by atoms with van der Waals surface area (Å²) in [5.41, 5.74) is -0.757. The van der Waals surface area contributed by atoms with E-state index in [0.717, 1.165) is 4.90 Å². The van der Waals surface area contributed by atoms with E-state index in [-0.39, 0.29) is 24.6 Å². The van der Waals surface area contributed by atoms with Crippen LogP contribution in [-0.2, 0) is 9.53 Å². The minimum atomic E-state index is -1.15. The Labute approximate surface area is 167 Å². The van der Waals surface area contributed by atoms with E-state index < -0.39 is 35.6 Å². The van der Waals surface area contributed by atoms with Crippen LogP contribution < -0.4 is 9.47 Å². The monoisotopic (exact) mass is 406 g/mol. The second-order valence-corrected chi connectivity index (χ2v) is 7.79. The molecule has 1 fully saturated rings. The van der Waals surface area contributed by atoms with Gasteiger partial charge in [0.1, 0.15) is 17.7 Å².